The molecule has 3 heteroatoms. The minimum absolute atomic E-state index is 0.411. The maximum Gasteiger partial charge on any atom is 0.135 e. The van der Waals surface area contributed by atoms with Crippen LogP contribution in [0.3, 0.4) is 0 Å². The lowest BCUT2D eigenvalue weighted by atomic mass is 10.1. The van der Waals surface area contributed by atoms with Gasteiger partial charge in [-0.05, 0) is 18.1 Å². The van der Waals surface area contributed by atoms with Gasteiger partial charge in [-0.1, -0.05) is 60.7 Å². The van der Waals surface area contributed by atoms with Crippen molar-refractivity contribution in [1.29, 1.82) is 0 Å². The molecule has 1 aliphatic rings. The number of rotatable bonds is 7. The zero-order valence-electron chi connectivity index (χ0n) is 15.1. The first-order chi connectivity index (χ1) is 12.2. The fraction of sp³-hybridized carbons (Fsp3) is 0.409. The lowest BCUT2D eigenvalue weighted by molar-refractivity contribution is -0.121. The Hall–Kier alpha value is -1.97. The van der Waals surface area contributed by atoms with Crippen molar-refractivity contribution < 1.29 is 4.79 Å². The Morgan fingerprint density at radius 2 is 1.36 bits per heavy atom. The van der Waals surface area contributed by atoms with Crippen LogP contribution >= 0.6 is 0 Å². The van der Waals surface area contributed by atoms with Crippen molar-refractivity contribution in [3.8, 4) is 0 Å². The third-order valence-electron chi connectivity index (χ3n) is 5.02. The Kier molecular flexibility index (Phi) is 6.37. The van der Waals surface area contributed by atoms with Gasteiger partial charge < -0.3 is 4.90 Å². The van der Waals surface area contributed by atoms with Crippen LogP contribution in [0.2, 0.25) is 0 Å². The highest BCUT2D eigenvalue weighted by Gasteiger charge is 2.21. The van der Waals surface area contributed by atoms with Crippen LogP contribution in [0.5, 0.6) is 0 Å². The zero-order valence-corrected chi connectivity index (χ0v) is 15.1. The van der Waals surface area contributed by atoms with Crippen molar-refractivity contribution in [2.45, 2.75) is 38.9 Å². The number of hydrogen-bond acceptors (Lipinski definition) is 3. The lowest BCUT2D eigenvalue weighted by Gasteiger charge is -2.35. The van der Waals surface area contributed by atoms with Gasteiger partial charge in [-0.2, -0.15) is 0 Å². The molecule has 0 radical (unpaired) electrons. The quantitative estimate of drug-likeness (QED) is 0.769. The van der Waals surface area contributed by atoms with Gasteiger partial charge in [-0.3, -0.25) is 9.69 Å². The second-order valence-electron chi connectivity index (χ2n) is 7.06. The third kappa shape index (κ3) is 5.52. The van der Waals surface area contributed by atoms with Crippen molar-refractivity contribution >= 4 is 5.78 Å². The fourth-order valence-electron chi connectivity index (χ4n) is 3.48. The van der Waals surface area contributed by atoms with E-state index in [0.29, 0.717) is 24.7 Å². The molecule has 3 rings (SSSR count). The summed E-state index contributed by atoms with van der Waals surface area (Å²) in [6, 6.07) is 21.8. The number of carbonyl (C=O) groups excluding carboxylic acids is 1. The number of benzene rings is 2. The van der Waals surface area contributed by atoms with Gasteiger partial charge in [0.1, 0.15) is 5.78 Å². The summed E-state index contributed by atoms with van der Waals surface area (Å²) in [4.78, 5) is 16.5. The molecule has 132 valence electrons. The predicted octanol–water partition coefficient (Wildman–Crippen LogP) is 3.74. The highest BCUT2D eigenvalue weighted by molar-refractivity contribution is 5.79. The second-order valence-corrected chi connectivity index (χ2v) is 7.06. The zero-order chi connectivity index (χ0) is 17.5. The van der Waals surface area contributed by atoms with Gasteiger partial charge >= 0.3 is 0 Å². The number of ketones is 1. The molecule has 0 aliphatic carbocycles. The van der Waals surface area contributed by atoms with Crippen molar-refractivity contribution in [2.75, 3.05) is 19.6 Å². The number of carbonyl (C=O) groups is 1. The molecular weight excluding hydrogens is 308 g/mol. The summed E-state index contributed by atoms with van der Waals surface area (Å²) < 4.78 is 0. The number of nitrogens with zero attached hydrogens (tertiary/aromatic N) is 2. The number of likely N-dealkylation sites (tertiary alicyclic amines) is 1. The van der Waals surface area contributed by atoms with E-state index in [1.165, 1.54) is 11.1 Å². The molecule has 0 aromatic heterocycles. The molecule has 2 aromatic carbocycles. The smallest absolute Gasteiger partial charge is 0.135 e. The molecule has 1 atom stereocenters. The van der Waals surface area contributed by atoms with Crippen LogP contribution < -0.4 is 0 Å². The van der Waals surface area contributed by atoms with Crippen molar-refractivity contribution in [1.82, 2.24) is 9.80 Å². The van der Waals surface area contributed by atoms with E-state index in [-0.39, 0.29) is 0 Å². The van der Waals surface area contributed by atoms with Crippen LogP contribution in [0.1, 0.15) is 30.9 Å². The number of piperidine rings is 1. The molecule has 1 aliphatic heterocycles. The Morgan fingerprint density at radius 3 is 1.84 bits per heavy atom. The van der Waals surface area contributed by atoms with E-state index >= 15 is 0 Å². The Morgan fingerprint density at radius 1 is 0.880 bits per heavy atom. The average Bonchev–Trinajstić information content (AvgIpc) is 2.65. The van der Waals surface area contributed by atoms with E-state index in [1.807, 2.05) is 0 Å². The normalized spacial score (nSPS) is 17.0. The standard InChI is InChI=1S/C22H28N2O/c1-19(16-23-14-12-22(25)13-15-23)24(17-20-8-4-2-5-9-20)18-21-10-6-3-7-11-21/h2-11,19H,12-18H2,1H3. The van der Waals surface area contributed by atoms with Gasteiger partial charge in [0, 0.05) is 51.6 Å². The molecule has 1 unspecified atom stereocenters. The fourth-order valence-corrected chi connectivity index (χ4v) is 3.48. The molecule has 25 heavy (non-hydrogen) atoms. The summed E-state index contributed by atoms with van der Waals surface area (Å²) in [7, 11) is 0. The van der Waals surface area contributed by atoms with Gasteiger partial charge in [-0.15, -0.1) is 0 Å². The molecule has 1 saturated heterocycles. The van der Waals surface area contributed by atoms with E-state index in [1.54, 1.807) is 0 Å². The maximum atomic E-state index is 11.5. The lowest BCUT2D eigenvalue weighted by Crippen LogP contribution is -2.44. The van der Waals surface area contributed by atoms with Crippen LogP contribution in [0.4, 0.5) is 0 Å². The Bertz CT molecular complexity index is 605. The maximum absolute atomic E-state index is 11.5. The second kappa shape index (κ2) is 8.93. The highest BCUT2D eigenvalue weighted by atomic mass is 16.1. The van der Waals surface area contributed by atoms with E-state index in [4.69, 9.17) is 0 Å². The van der Waals surface area contributed by atoms with Gasteiger partial charge in [0.2, 0.25) is 0 Å². The number of Topliss-reactive ketones (excluding diaryl/α,β-unsaturated/α-hetero) is 1. The molecular formula is C22H28N2O. The van der Waals surface area contributed by atoms with Crippen molar-refractivity contribution in [3.05, 3.63) is 71.8 Å². The summed E-state index contributed by atoms with van der Waals surface area (Å²) in [5.74, 6) is 0.411. The molecule has 0 amide bonds. The molecule has 1 fully saturated rings. The van der Waals surface area contributed by atoms with Gasteiger partial charge in [0.25, 0.3) is 0 Å². The van der Waals surface area contributed by atoms with E-state index in [9.17, 15) is 4.79 Å². The van der Waals surface area contributed by atoms with E-state index in [0.717, 1.165) is 32.7 Å². The van der Waals surface area contributed by atoms with Crippen molar-refractivity contribution in [2.24, 2.45) is 0 Å². The molecule has 0 N–H and O–H groups in total. The minimum atomic E-state index is 0.411. The molecule has 3 nitrogen and oxygen atoms in total. The summed E-state index contributed by atoms with van der Waals surface area (Å²) in [6.45, 7) is 7.05. The summed E-state index contributed by atoms with van der Waals surface area (Å²) >= 11 is 0. The third-order valence-corrected chi connectivity index (χ3v) is 5.02. The average molecular weight is 336 g/mol. The SMILES string of the molecule is CC(CN1CCC(=O)CC1)N(Cc1ccccc1)Cc1ccccc1. The summed E-state index contributed by atoms with van der Waals surface area (Å²) in [5, 5.41) is 0. The highest BCUT2D eigenvalue weighted by Crippen LogP contribution is 2.16. The molecule has 0 saturated carbocycles. The molecule has 0 spiro atoms. The first-order valence-corrected chi connectivity index (χ1v) is 9.26. The van der Waals surface area contributed by atoms with Crippen LogP contribution in [0.25, 0.3) is 0 Å². The molecule has 2 aromatic rings. The van der Waals surface area contributed by atoms with Gasteiger partial charge in [-0.25, -0.2) is 0 Å². The topological polar surface area (TPSA) is 23.6 Å². The first-order valence-electron chi connectivity index (χ1n) is 9.26. The largest absolute Gasteiger partial charge is 0.301 e. The van der Waals surface area contributed by atoms with Crippen LogP contribution in [0.15, 0.2) is 60.7 Å². The van der Waals surface area contributed by atoms with Gasteiger partial charge in [0.15, 0.2) is 0 Å². The van der Waals surface area contributed by atoms with Crippen LogP contribution in [-0.4, -0.2) is 41.3 Å². The molecule has 0 bridgehead atoms. The monoisotopic (exact) mass is 336 g/mol. The summed E-state index contributed by atoms with van der Waals surface area (Å²) in [5.41, 5.74) is 2.69. The first kappa shape index (κ1) is 17.8. The van der Waals surface area contributed by atoms with Crippen LogP contribution in [0, 0.1) is 0 Å². The number of hydrogen-bond donors (Lipinski definition) is 0. The van der Waals surface area contributed by atoms with E-state index in [2.05, 4.69) is 77.4 Å². The van der Waals surface area contributed by atoms with Gasteiger partial charge in [0.05, 0.1) is 0 Å². The van der Waals surface area contributed by atoms with Crippen molar-refractivity contribution in [3.63, 3.8) is 0 Å². The van der Waals surface area contributed by atoms with E-state index < -0.39 is 0 Å². The van der Waals surface area contributed by atoms with Crippen LogP contribution in [-0.2, 0) is 17.9 Å². The Balaban J connectivity index is 1.67. The molecule has 1 heterocycles. The predicted molar refractivity (Wildman–Crippen MR) is 102 cm³/mol. The minimum Gasteiger partial charge on any atom is -0.301 e. The Labute approximate surface area is 151 Å². The summed E-state index contributed by atoms with van der Waals surface area (Å²) in [6.07, 6.45) is 1.42.